The number of carbonyl (C=O) groups excluding carboxylic acids is 3. The third-order valence-corrected chi connectivity index (χ3v) is 7.08. The Hall–Kier alpha value is -4.69. The summed E-state index contributed by atoms with van der Waals surface area (Å²) in [4.78, 5) is 39.2. The van der Waals surface area contributed by atoms with Gasteiger partial charge in [0.1, 0.15) is 11.5 Å². The van der Waals surface area contributed by atoms with Crippen molar-refractivity contribution in [3.05, 3.63) is 131 Å². The fourth-order valence-electron chi connectivity index (χ4n) is 3.72. The molecule has 4 aromatic carbocycles. The molecule has 0 saturated heterocycles. The zero-order chi connectivity index (χ0) is 28.5. The first kappa shape index (κ1) is 28.3. The second-order valence-corrected chi connectivity index (χ2v) is 10.0. The number of hydrogen-bond donors (Lipinski definition) is 3. The molecule has 202 valence electrons. The highest BCUT2D eigenvalue weighted by molar-refractivity contribution is 8.00. The number of nitrogens with one attached hydrogen (secondary N) is 3. The number of hydrogen-bond acceptors (Lipinski definition) is 4. The normalized spacial score (nSPS) is 11.0. The van der Waals surface area contributed by atoms with Gasteiger partial charge in [-0.15, -0.1) is 11.8 Å². The average Bonchev–Trinajstić information content (AvgIpc) is 2.96. The molecular weight excluding hydrogens is 525 g/mol. The Kier molecular flexibility index (Phi) is 9.48. The van der Waals surface area contributed by atoms with E-state index in [-0.39, 0.29) is 17.4 Å². The van der Waals surface area contributed by atoms with Crippen molar-refractivity contribution in [1.29, 1.82) is 0 Å². The molecule has 0 fully saturated rings. The molecule has 0 radical (unpaired) electrons. The third kappa shape index (κ3) is 7.91. The summed E-state index contributed by atoms with van der Waals surface area (Å²) in [5, 5.41) is 8.38. The summed E-state index contributed by atoms with van der Waals surface area (Å²) in [5.41, 5.74) is 4.39. The van der Waals surface area contributed by atoms with Gasteiger partial charge in [-0.05, 0) is 91.2 Å². The van der Waals surface area contributed by atoms with E-state index in [1.165, 1.54) is 42.1 Å². The van der Waals surface area contributed by atoms with Gasteiger partial charge < -0.3 is 16.0 Å². The first-order chi connectivity index (χ1) is 19.3. The average molecular weight is 554 g/mol. The lowest BCUT2D eigenvalue weighted by Gasteiger charge is -2.12. The SMILES string of the molecule is Cc1cccc(NC(=O)CSc2ccc(NC(=O)/C(=C/c3ccc(F)cc3)NC(=O)c3ccccc3)cc2)c1C. The van der Waals surface area contributed by atoms with E-state index in [1.807, 2.05) is 32.0 Å². The zero-order valence-corrected chi connectivity index (χ0v) is 22.8. The molecule has 0 atom stereocenters. The Morgan fingerprint density at radius 1 is 0.800 bits per heavy atom. The van der Waals surface area contributed by atoms with Crippen molar-refractivity contribution < 1.29 is 18.8 Å². The van der Waals surface area contributed by atoms with Crippen LogP contribution in [0.1, 0.15) is 27.0 Å². The van der Waals surface area contributed by atoms with Gasteiger partial charge in [-0.3, -0.25) is 14.4 Å². The van der Waals surface area contributed by atoms with Crippen molar-refractivity contribution in [2.75, 3.05) is 16.4 Å². The first-order valence-electron chi connectivity index (χ1n) is 12.5. The van der Waals surface area contributed by atoms with Crippen LogP contribution in [0.3, 0.4) is 0 Å². The molecule has 6 nitrogen and oxygen atoms in total. The van der Waals surface area contributed by atoms with Gasteiger partial charge in [-0.1, -0.05) is 42.5 Å². The Balaban J connectivity index is 1.40. The number of thioether (sulfide) groups is 1. The minimum Gasteiger partial charge on any atom is -0.325 e. The molecule has 3 N–H and O–H groups in total. The summed E-state index contributed by atoms with van der Waals surface area (Å²) in [6, 6.07) is 26.9. The molecule has 4 aromatic rings. The van der Waals surface area contributed by atoms with Crippen molar-refractivity contribution in [3.8, 4) is 0 Å². The number of carbonyl (C=O) groups is 3. The van der Waals surface area contributed by atoms with Crippen LogP contribution in [-0.2, 0) is 9.59 Å². The summed E-state index contributed by atoms with van der Waals surface area (Å²) in [7, 11) is 0. The molecule has 0 unspecified atom stereocenters. The van der Waals surface area contributed by atoms with Gasteiger partial charge in [-0.2, -0.15) is 0 Å². The standard InChI is InChI=1S/C32H28FN3O3S/c1-21-7-6-10-28(22(21)2)35-30(37)20-40-27-17-15-26(16-18-27)34-32(39)29(19-23-11-13-25(33)14-12-23)36-31(38)24-8-4-3-5-9-24/h3-19H,20H2,1-2H3,(H,34,39)(H,35,37)(H,36,38)/b29-19-. The largest absolute Gasteiger partial charge is 0.325 e. The van der Waals surface area contributed by atoms with Crippen LogP contribution in [-0.4, -0.2) is 23.5 Å². The van der Waals surface area contributed by atoms with Gasteiger partial charge in [0.15, 0.2) is 0 Å². The van der Waals surface area contributed by atoms with Crippen molar-refractivity contribution in [3.63, 3.8) is 0 Å². The molecule has 8 heteroatoms. The number of rotatable bonds is 9. The molecule has 0 bridgehead atoms. The summed E-state index contributed by atoms with van der Waals surface area (Å²) in [6.07, 6.45) is 1.48. The van der Waals surface area contributed by atoms with Crippen LogP contribution in [0.25, 0.3) is 6.08 Å². The van der Waals surface area contributed by atoms with E-state index in [1.54, 1.807) is 54.6 Å². The Morgan fingerprint density at radius 3 is 2.20 bits per heavy atom. The summed E-state index contributed by atoms with van der Waals surface area (Å²) in [5.74, 6) is -1.27. The lowest BCUT2D eigenvalue weighted by Crippen LogP contribution is -2.30. The van der Waals surface area contributed by atoms with E-state index in [0.717, 1.165) is 21.7 Å². The van der Waals surface area contributed by atoms with Gasteiger partial charge >= 0.3 is 0 Å². The molecule has 3 amide bonds. The number of anilines is 2. The lowest BCUT2D eigenvalue weighted by molar-refractivity contribution is -0.114. The van der Waals surface area contributed by atoms with E-state index < -0.39 is 17.6 Å². The maximum atomic E-state index is 13.4. The fourth-order valence-corrected chi connectivity index (χ4v) is 4.42. The molecule has 40 heavy (non-hydrogen) atoms. The van der Waals surface area contributed by atoms with Crippen molar-refractivity contribution in [2.45, 2.75) is 18.7 Å². The molecule has 0 saturated carbocycles. The molecular formula is C32H28FN3O3S. The van der Waals surface area contributed by atoms with Crippen molar-refractivity contribution in [1.82, 2.24) is 5.32 Å². The second-order valence-electron chi connectivity index (χ2n) is 8.99. The quantitative estimate of drug-likeness (QED) is 0.161. The fraction of sp³-hybridized carbons (Fsp3) is 0.0938. The number of halogens is 1. The van der Waals surface area contributed by atoms with Crippen LogP contribution in [0.2, 0.25) is 0 Å². The molecule has 0 spiro atoms. The van der Waals surface area contributed by atoms with Crippen LogP contribution in [0.4, 0.5) is 15.8 Å². The van der Waals surface area contributed by atoms with Gasteiger partial charge in [0.25, 0.3) is 11.8 Å². The second kappa shape index (κ2) is 13.4. The smallest absolute Gasteiger partial charge is 0.272 e. The monoisotopic (exact) mass is 553 g/mol. The Morgan fingerprint density at radius 2 is 1.50 bits per heavy atom. The third-order valence-electron chi connectivity index (χ3n) is 6.07. The molecule has 0 aliphatic heterocycles. The summed E-state index contributed by atoms with van der Waals surface area (Å²) < 4.78 is 13.4. The van der Waals surface area contributed by atoms with E-state index >= 15 is 0 Å². The summed E-state index contributed by atoms with van der Waals surface area (Å²) in [6.45, 7) is 3.97. The van der Waals surface area contributed by atoms with Crippen molar-refractivity contribution in [2.24, 2.45) is 0 Å². The van der Waals surface area contributed by atoms with E-state index in [2.05, 4.69) is 16.0 Å². The van der Waals surface area contributed by atoms with Crippen LogP contribution in [0.15, 0.2) is 108 Å². The first-order valence-corrected chi connectivity index (χ1v) is 13.5. The molecule has 4 rings (SSSR count). The highest BCUT2D eigenvalue weighted by atomic mass is 32.2. The van der Waals surface area contributed by atoms with Gasteiger partial charge in [0.05, 0.1) is 5.75 Å². The Bertz CT molecular complexity index is 1540. The lowest BCUT2D eigenvalue weighted by atomic mass is 10.1. The molecule has 0 aliphatic rings. The van der Waals surface area contributed by atoms with Gasteiger partial charge in [-0.25, -0.2) is 4.39 Å². The number of amides is 3. The minimum atomic E-state index is -0.540. The Labute approximate surface area is 236 Å². The van der Waals surface area contributed by atoms with Gasteiger partial charge in [0.2, 0.25) is 5.91 Å². The van der Waals surface area contributed by atoms with E-state index in [4.69, 9.17) is 0 Å². The van der Waals surface area contributed by atoms with Crippen LogP contribution >= 0.6 is 11.8 Å². The summed E-state index contributed by atoms with van der Waals surface area (Å²) >= 11 is 1.38. The highest BCUT2D eigenvalue weighted by Crippen LogP contribution is 2.23. The maximum absolute atomic E-state index is 13.4. The predicted octanol–water partition coefficient (Wildman–Crippen LogP) is 6.58. The van der Waals surface area contributed by atoms with E-state index in [0.29, 0.717) is 16.8 Å². The number of benzene rings is 4. The van der Waals surface area contributed by atoms with Crippen molar-refractivity contribution >= 4 is 46.9 Å². The molecule has 0 heterocycles. The topological polar surface area (TPSA) is 87.3 Å². The molecule has 0 aromatic heterocycles. The van der Waals surface area contributed by atoms with Crippen LogP contribution in [0.5, 0.6) is 0 Å². The minimum absolute atomic E-state index is 0.00188. The zero-order valence-electron chi connectivity index (χ0n) is 22.0. The van der Waals surface area contributed by atoms with Crippen LogP contribution < -0.4 is 16.0 Å². The van der Waals surface area contributed by atoms with E-state index in [9.17, 15) is 18.8 Å². The number of aryl methyl sites for hydroxylation is 1. The molecule has 0 aliphatic carbocycles. The highest BCUT2D eigenvalue weighted by Gasteiger charge is 2.15. The predicted molar refractivity (Wildman–Crippen MR) is 159 cm³/mol. The maximum Gasteiger partial charge on any atom is 0.272 e. The van der Waals surface area contributed by atoms with Crippen LogP contribution in [0, 0.1) is 19.7 Å². The van der Waals surface area contributed by atoms with Gasteiger partial charge in [0, 0.05) is 21.8 Å².